The Hall–Kier alpha value is -2.16. The smallest absolute Gasteiger partial charge is 0.303 e. The first-order chi connectivity index (χ1) is 22.4. The average molecular weight is 683 g/mol. The number of methoxy groups -OCH3 is 1. The maximum absolute atomic E-state index is 12.3. The molecule has 3 aliphatic carbocycles. The molecule has 1 saturated carbocycles. The van der Waals surface area contributed by atoms with Crippen molar-refractivity contribution in [2.75, 3.05) is 27.1 Å². The maximum Gasteiger partial charge on any atom is 0.303 e. The summed E-state index contributed by atoms with van der Waals surface area (Å²) in [7, 11) is 1.66. The highest BCUT2D eigenvalue weighted by Crippen LogP contribution is 2.55. The zero-order chi connectivity index (χ0) is 36.1. The lowest BCUT2D eigenvalue weighted by Gasteiger charge is -2.44. The van der Waals surface area contributed by atoms with Crippen LogP contribution in [0.1, 0.15) is 74.7 Å². The summed E-state index contributed by atoms with van der Waals surface area (Å²) in [4.78, 5) is 23.8. The van der Waals surface area contributed by atoms with Crippen LogP contribution in [0.2, 0.25) is 0 Å². The summed E-state index contributed by atoms with van der Waals surface area (Å²) in [5.41, 5.74) is 0.639. The van der Waals surface area contributed by atoms with Crippen LogP contribution in [0.5, 0.6) is 0 Å². The van der Waals surface area contributed by atoms with Crippen LogP contribution in [0, 0.1) is 29.1 Å². The van der Waals surface area contributed by atoms with Gasteiger partial charge in [0.25, 0.3) is 0 Å². The van der Waals surface area contributed by atoms with E-state index in [1.807, 2.05) is 20.8 Å². The Labute approximate surface area is 285 Å². The lowest BCUT2D eigenvalue weighted by molar-refractivity contribution is -0.283. The second-order valence-electron chi connectivity index (χ2n) is 14.4. The van der Waals surface area contributed by atoms with Gasteiger partial charge in [0, 0.05) is 38.2 Å². The summed E-state index contributed by atoms with van der Waals surface area (Å²) in [5.74, 6) is -1.79. The van der Waals surface area contributed by atoms with Gasteiger partial charge in [-0.2, -0.15) is 0 Å². The summed E-state index contributed by atoms with van der Waals surface area (Å²) in [6.45, 7) is 17.1. The quantitative estimate of drug-likeness (QED) is 0.107. The molecule has 8 unspecified atom stereocenters. The molecule has 0 heterocycles. The van der Waals surface area contributed by atoms with Gasteiger partial charge >= 0.3 is 11.9 Å². The summed E-state index contributed by atoms with van der Waals surface area (Å²) >= 11 is 0. The first-order valence-electron chi connectivity index (χ1n) is 16.9. The molecule has 0 aromatic carbocycles. The van der Waals surface area contributed by atoms with E-state index in [0.717, 1.165) is 30.9 Å². The van der Waals surface area contributed by atoms with Crippen LogP contribution < -0.4 is 0 Å². The van der Waals surface area contributed by atoms with Gasteiger partial charge in [-0.1, -0.05) is 37.1 Å². The number of fused-ring (bicyclic) bond motifs is 2. The summed E-state index contributed by atoms with van der Waals surface area (Å²) in [5, 5.41) is 46.2. The first kappa shape index (κ1) is 40.3. The Bertz CT molecular complexity index is 1190. The summed E-state index contributed by atoms with van der Waals surface area (Å²) < 4.78 is 34.7. The van der Waals surface area contributed by atoms with E-state index in [2.05, 4.69) is 12.7 Å². The van der Waals surface area contributed by atoms with Gasteiger partial charge in [-0.25, -0.2) is 0 Å². The van der Waals surface area contributed by atoms with E-state index in [4.69, 9.17) is 28.4 Å². The molecular formula is C36H58O12. The van der Waals surface area contributed by atoms with Gasteiger partial charge in [-0.15, -0.1) is 6.58 Å². The predicted molar refractivity (Wildman–Crippen MR) is 176 cm³/mol. The number of hydrogen-bond donors (Lipinski definition) is 4. The van der Waals surface area contributed by atoms with Crippen LogP contribution in [0.3, 0.4) is 0 Å². The lowest BCUT2D eigenvalue weighted by atomic mass is 9.68. The number of aliphatic hydroxyl groups is 4. The van der Waals surface area contributed by atoms with Gasteiger partial charge in [0.2, 0.25) is 0 Å². The van der Waals surface area contributed by atoms with E-state index in [1.54, 1.807) is 27.0 Å². The monoisotopic (exact) mass is 682 g/mol. The van der Waals surface area contributed by atoms with Gasteiger partial charge in [0.05, 0.1) is 37.1 Å². The molecule has 0 aromatic rings. The van der Waals surface area contributed by atoms with Crippen molar-refractivity contribution in [2.24, 2.45) is 29.1 Å². The predicted octanol–water partition coefficient (Wildman–Crippen LogP) is 3.20. The van der Waals surface area contributed by atoms with Crippen LogP contribution >= 0.6 is 0 Å². The van der Waals surface area contributed by atoms with Gasteiger partial charge in [0.1, 0.15) is 12.2 Å². The normalized spacial score (nSPS) is 33.2. The molecule has 12 heteroatoms. The van der Waals surface area contributed by atoms with E-state index in [9.17, 15) is 30.0 Å². The van der Waals surface area contributed by atoms with E-state index in [1.165, 1.54) is 13.8 Å². The van der Waals surface area contributed by atoms with Crippen molar-refractivity contribution < 1.29 is 58.4 Å². The second kappa shape index (κ2) is 16.7. The Morgan fingerprint density at radius 2 is 1.81 bits per heavy atom. The molecule has 3 rings (SSSR count). The molecule has 0 bridgehead atoms. The van der Waals surface area contributed by atoms with E-state index in [-0.39, 0.29) is 43.5 Å². The SMILES string of the molecule is C=CC(C)(C)OCOC(O[C@@H]1C2=C(C(C)COC(C)=O)C[C@H](O)C2(C)/C=C2/[C@@H](COC)CC[C@H]2C(C)C1O)C(O)C(OC(C)=O)C(C)O. The van der Waals surface area contributed by atoms with Crippen LogP contribution in [0.15, 0.2) is 35.5 Å². The topological polar surface area (TPSA) is 170 Å². The molecule has 1 fully saturated rings. The van der Waals surface area contributed by atoms with Crippen molar-refractivity contribution in [3.05, 3.63) is 35.5 Å². The van der Waals surface area contributed by atoms with E-state index in [0.29, 0.717) is 12.2 Å². The molecule has 48 heavy (non-hydrogen) atoms. The van der Waals surface area contributed by atoms with E-state index < -0.39 is 65.9 Å². The number of rotatable bonds is 16. The molecular weight excluding hydrogens is 624 g/mol. The highest BCUT2D eigenvalue weighted by molar-refractivity contribution is 5.66. The molecule has 0 saturated heterocycles. The van der Waals surface area contributed by atoms with Crippen molar-refractivity contribution in [2.45, 2.75) is 123 Å². The van der Waals surface area contributed by atoms with Crippen LogP contribution in [0.4, 0.5) is 0 Å². The van der Waals surface area contributed by atoms with Crippen molar-refractivity contribution in [3.8, 4) is 0 Å². The van der Waals surface area contributed by atoms with Gasteiger partial charge in [-0.3, -0.25) is 9.59 Å². The second-order valence-corrected chi connectivity index (χ2v) is 14.4. The van der Waals surface area contributed by atoms with Gasteiger partial charge in [0.15, 0.2) is 19.2 Å². The molecule has 0 aromatic heterocycles. The fourth-order valence-electron chi connectivity index (χ4n) is 7.37. The average Bonchev–Trinajstić information content (AvgIpc) is 3.51. The minimum absolute atomic E-state index is 0.0355. The molecule has 0 amide bonds. The molecule has 274 valence electrons. The number of carbonyl (C=O) groups excluding carboxylic acids is 2. The van der Waals surface area contributed by atoms with Crippen LogP contribution in [-0.2, 0) is 38.0 Å². The minimum atomic E-state index is -1.72. The van der Waals surface area contributed by atoms with Crippen molar-refractivity contribution in [1.29, 1.82) is 0 Å². The van der Waals surface area contributed by atoms with Crippen molar-refractivity contribution >= 4 is 11.9 Å². The third-order valence-corrected chi connectivity index (χ3v) is 10.3. The number of hydrogen-bond acceptors (Lipinski definition) is 12. The number of carbonyl (C=O) groups is 2. The fourth-order valence-corrected chi connectivity index (χ4v) is 7.37. The Morgan fingerprint density at radius 1 is 1.15 bits per heavy atom. The summed E-state index contributed by atoms with van der Waals surface area (Å²) in [6, 6.07) is 0. The Balaban J connectivity index is 2.21. The first-order valence-corrected chi connectivity index (χ1v) is 16.9. The summed E-state index contributed by atoms with van der Waals surface area (Å²) in [6.07, 6.45) is -3.69. The number of esters is 2. The van der Waals surface area contributed by atoms with Crippen molar-refractivity contribution in [1.82, 2.24) is 0 Å². The molecule has 12 nitrogen and oxygen atoms in total. The third kappa shape index (κ3) is 9.14. The molecule has 12 atom stereocenters. The fraction of sp³-hybridized carbons (Fsp3) is 0.778. The van der Waals surface area contributed by atoms with Crippen LogP contribution in [-0.4, -0.2) is 108 Å². The Morgan fingerprint density at radius 3 is 2.38 bits per heavy atom. The molecule has 0 aliphatic heterocycles. The highest BCUT2D eigenvalue weighted by Gasteiger charge is 2.54. The standard InChI is InChI=1S/C36H58O12/c1-11-35(7,8)46-18-45-34(31(42)32(21(4)37)47-23(6)39)48-33-29-26(19(2)16-44-22(5)38)14-28(40)36(29,9)15-27-24(17-43-10)12-13-25(27)20(3)30(33)41/h11,15,19-21,24-25,28,30-34,37,40-42H,1,12-14,16-18H2,2-10H3/b27-15-/t19?,20?,21?,24-,25+,28+,30?,31?,32?,33-,34?,36?/m1/s1. The highest BCUT2D eigenvalue weighted by atomic mass is 16.8. The minimum Gasteiger partial charge on any atom is -0.465 e. The van der Waals surface area contributed by atoms with Crippen LogP contribution in [0.25, 0.3) is 0 Å². The zero-order valence-corrected chi connectivity index (χ0v) is 30.0. The Kier molecular flexibility index (Phi) is 14.0. The maximum atomic E-state index is 12.3. The molecule has 4 N–H and O–H groups in total. The number of ether oxygens (including phenoxy) is 6. The molecule has 0 radical (unpaired) electrons. The zero-order valence-electron chi connectivity index (χ0n) is 30.0. The largest absolute Gasteiger partial charge is 0.465 e. The van der Waals surface area contributed by atoms with Gasteiger partial charge < -0.3 is 48.8 Å². The number of aliphatic hydroxyl groups excluding tert-OH is 4. The third-order valence-electron chi connectivity index (χ3n) is 10.3. The van der Waals surface area contributed by atoms with Crippen molar-refractivity contribution in [3.63, 3.8) is 0 Å². The molecule has 0 spiro atoms. The molecule has 3 aliphatic rings. The van der Waals surface area contributed by atoms with Gasteiger partial charge in [-0.05, 0) is 64.4 Å². The lowest BCUT2D eigenvalue weighted by Crippen LogP contribution is -2.53. The van der Waals surface area contributed by atoms with E-state index >= 15 is 0 Å².